The van der Waals surface area contributed by atoms with Gasteiger partial charge in [-0.25, -0.2) is 0 Å². The fourth-order valence-corrected chi connectivity index (χ4v) is 4.55. The lowest BCUT2D eigenvalue weighted by atomic mass is 9.93. The fourth-order valence-electron chi connectivity index (χ4n) is 3.85. The zero-order valence-corrected chi connectivity index (χ0v) is 16.8. The molecule has 0 N–H and O–H groups in total. The molecule has 1 amide bonds. The van der Waals surface area contributed by atoms with Crippen molar-refractivity contribution in [3.05, 3.63) is 41.2 Å². The van der Waals surface area contributed by atoms with E-state index in [0.29, 0.717) is 42.6 Å². The van der Waals surface area contributed by atoms with Crippen LogP contribution in [0.2, 0.25) is 0 Å². The molecule has 29 heavy (non-hydrogen) atoms. The van der Waals surface area contributed by atoms with E-state index < -0.39 is 0 Å². The van der Waals surface area contributed by atoms with Crippen LogP contribution in [0.4, 0.5) is 0 Å². The summed E-state index contributed by atoms with van der Waals surface area (Å²) < 4.78 is 20.7. The van der Waals surface area contributed by atoms with Crippen LogP contribution in [0.1, 0.15) is 40.5 Å². The van der Waals surface area contributed by atoms with Crippen molar-refractivity contribution in [3.8, 4) is 22.1 Å². The summed E-state index contributed by atoms with van der Waals surface area (Å²) in [5.74, 6) is 2.10. The maximum Gasteiger partial charge on any atom is 0.254 e. The van der Waals surface area contributed by atoms with Crippen LogP contribution < -0.4 is 9.47 Å². The Labute approximate surface area is 171 Å². The van der Waals surface area contributed by atoms with Crippen molar-refractivity contribution >= 4 is 17.4 Å². The Hall–Kier alpha value is -2.94. The number of amides is 1. The molecule has 0 radical (unpaired) electrons. The van der Waals surface area contributed by atoms with E-state index in [9.17, 15) is 4.79 Å². The Morgan fingerprint density at radius 3 is 2.90 bits per heavy atom. The first-order valence-corrected chi connectivity index (χ1v) is 10.4. The van der Waals surface area contributed by atoms with Gasteiger partial charge in [-0.1, -0.05) is 9.64 Å². The van der Waals surface area contributed by atoms with Crippen molar-refractivity contribution in [3.63, 3.8) is 0 Å². The van der Waals surface area contributed by atoms with Gasteiger partial charge in [0.1, 0.15) is 18.1 Å². The van der Waals surface area contributed by atoms with Gasteiger partial charge in [0, 0.05) is 30.6 Å². The first-order valence-electron chi connectivity index (χ1n) is 9.64. The molecule has 1 saturated heterocycles. The lowest BCUT2D eigenvalue weighted by Gasteiger charge is -2.32. The third kappa shape index (κ3) is 3.46. The third-order valence-corrected chi connectivity index (χ3v) is 6.01. The first-order chi connectivity index (χ1) is 14.2. The number of aryl methyl sites for hydroxylation is 1. The van der Waals surface area contributed by atoms with Gasteiger partial charge in [-0.3, -0.25) is 4.79 Å². The molecule has 9 heteroatoms. The van der Waals surface area contributed by atoms with Crippen molar-refractivity contribution in [2.24, 2.45) is 0 Å². The minimum atomic E-state index is -0.00748. The zero-order valence-electron chi connectivity index (χ0n) is 16.0. The Morgan fingerprint density at radius 1 is 1.21 bits per heavy atom. The number of ether oxygens (including phenoxy) is 2. The Morgan fingerprint density at radius 2 is 2.07 bits per heavy atom. The highest BCUT2D eigenvalue weighted by Gasteiger charge is 2.30. The van der Waals surface area contributed by atoms with Gasteiger partial charge >= 0.3 is 0 Å². The number of rotatable bonds is 3. The van der Waals surface area contributed by atoms with Gasteiger partial charge in [0.05, 0.1) is 11.4 Å². The standard InChI is InChI=1S/C20H20N4O4S/c1-12-9-17(28-22-12)19-18(21-23-29-19)14-3-2-6-24(11-14)20(25)13-4-5-15-16(10-13)27-8-7-26-15/h4-5,9-10,14H,2-3,6-8,11H2,1H3. The number of hydrogen-bond acceptors (Lipinski definition) is 8. The predicted molar refractivity (Wildman–Crippen MR) is 105 cm³/mol. The average Bonchev–Trinajstić information content (AvgIpc) is 3.42. The smallest absolute Gasteiger partial charge is 0.254 e. The van der Waals surface area contributed by atoms with Crippen molar-refractivity contribution in [2.75, 3.05) is 26.3 Å². The van der Waals surface area contributed by atoms with Crippen LogP contribution in [0, 0.1) is 6.92 Å². The van der Waals surface area contributed by atoms with E-state index in [1.54, 1.807) is 18.2 Å². The zero-order chi connectivity index (χ0) is 19.8. The average molecular weight is 412 g/mol. The number of likely N-dealkylation sites (tertiary alicyclic amines) is 1. The second-order valence-electron chi connectivity index (χ2n) is 7.27. The maximum absolute atomic E-state index is 13.1. The van der Waals surface area contributed by atoms with Crippen molar-refractivity contribution in [1.29, 1.82) is 0 Å². The number of aromatic nitrogens is 3. The Balaban J connectivity index is 1.36. The second-order valence-corrected chi connectivity index (χ2v) is 8.02. The third-order valence-electron chi connectivity index (χ3n) is 5.25. The molecule has 1 atom stereocenters. The summed E-state index contributed by atoms with van der Waals surface area (Å²) in [4.78, 5) is 15.9. The van der Waals surface area contributed by atoms with Crippen LogP contribution in [0.3, 0.4) is 0 Å². The van der Waals surface area contributed by atoms with Crippen molar-refractivity contribution in [1.82, 2.24) is 19.6 Å². The van der Waals surface area contributed by atoms with Crippen LogP contribution in [-0.4, -0.2) is 51.9 Å². The minimum Gasteiger partial charge on any atom is -0.486 e. The molecule has 0 spiro atoms. The van der Waals surface area contributed by atoms with E-state index in [0.717, 1.165) is 35.7 Å². The molecule has 1 aromatic carbocycles. The number of fused-ring (bicyclic) bond motifs is 1. The SMILES string of the molecule is Cc1cc(-c2snnc2C2CCCN(C(=O)c3ccc4c(c3)OCCO4)C2)on1. The van der Waals surface area contributed by atoms with E-state index in [-0.39, 0.29) is 11.8 Å². The molecule has 2 aliphatic heterocycles. The molecule has 150 valence electrons. The molecule has 2 aromatic heterocycles. The van der Waals surface area contributed by atoms with E-state index in [2.05, 4.69) is 14.7 Å². The highest BCUT2D eigenvalue weighted by molar-refractivity contribution is 7.09. The molecule has 0 bridgehead atoms. The van der Waals surface area contributed by atoms with Gasteiger partial charge in [0.25, 0.3) is 5.91 Å². The largest absolute Gasteiger partial charge is 0.486 e. The number of carbonyl (C=O) groups excluding carboxylic acids is 1. The van der Waals surface area contributed by atoms with Crippen LogP contribution in [0.15, 0.2) is 28.8 Å². The van der Waals surface area contributed by atoms with E-state index >= 15 is 0 Å². The van der Waals surface area contributed by atoms with Crippen LogP contribution in [0.25, 0.3) is 10.6 Å². The molecule has 4 heterocycles. The number of hydrogen-bond donors (Lipinski definition) is 0. The predicted octanol–water partition coefficient (Wildman–Crippen LogP) is 3.29. The van der Waals surface area contributed by atoms with Crippen LogP contribution >= 0.6 is 11.5 Å². The molecule has 2 aliphatic rings. The summed E-state index contributed by atoms with van der Waals surface area (Å²) in [5, 5.41) is 8.32. The summed E-state index contributed by atoms with van der Waals surface area (Å²) in [6, 6.07) is 7.26. The van der Waals surface area contributed by atoms with Crippen molar-refractivity contribution in [2.45, 2.75) is 25.7 Å². The normalized spacial score (nSPS) is 18.7. The Bertz CT molecular complexity index is 1050. The fraction of sp³-hybridized carbons (Fsp3) is 0.400. The number of nitrogens with zero attached hydrogens (tertiary/aromatic N) is 4. The molecule has 1 unspecified atom stereocenters. The van der Waals surface area contributed by atoms with Gasteiger partial charge in [-0.05, 0) is 49.5 Å². The lowest BCUT2D eigenvalue weighted by molar-refractivity contribution is 0.0705. The number of piperidine rings is 1. The van der Waals surface area contributed by atoms with Gasteiger partial charge in [0.15, 0.2) is 17.3 Å². The van der Waals surface area contributed by atoms with Crippen LogP contribution in [0.5, 0.6) is 11.5 Å². The highest BCUT2D eigenvalue weighted by Crippen LogP contribution is 2.36. The lowest BCUT2D eigenvalue weighted by Crippen LogP contribution is -2.39. The molecule has 1 fully saturated rings. The number of benzene rings is 1. The summed E-state index contributed by atoms with van der Waals surface area (Å²) in [6.07, 6.45) is 1.86. The molecule has 8 nitrogen and oxygen atoms in total. The monoisotopic (exact) mass is 412 g/mol. The summed E-state index contributed by atoms with van der Waals surface area (Å²) in [5.41, 5.74) is 2.31. The van der Waals surface area contributed by atoms with Gasteiger partial charge in [0.2, 0.25) is 0 Å². The van der Waals surface area contributed by atoms with Gasteiger partial charge in [-0.15, -0.1) is 5.10 Å². The molecular formula is C20H20N4O4S. The topological polar surface area (TPSA) is 90.6 Å². The highest BCUT2D eigenvalue weighted by atomic mass is 32.1. The summed E-state index contributed by atoms with van der Waals surface area (Å²) >= 11 is 1.30. The Kier molecular flexibility index (Phi) is 4.67. The molecule has 0 saturated carbocycles. The molecule has 0 aliphatic carbocycles. The van der Waals surface area contributed by atoms with Gasteiger partial charge < -0.3 is 18.9 Å². The minimum absolute atomic E-state index is 0.00748. The molecule has 5 rings (SSSR count). The van der Waals surface area contributed by atoms with E-state index in [1.807, 2.05) is 17.9 Å². The maximum atomic E-state index is 13.1. The van der Waals surface area contributed by atoms with Gasteiger partial charge in [-0.2, -0.15) is 0 Å². The van der Waals surface area contributed by atoms with Crippen molar-refractivity contribution < 1.29 is 18.8 Å². The molecular weight excluding hydrogens is 392 g/mol. The summed E-state index contributed by atoms with van der Waals surface area (Å²) in [7, 11) is 0. The number of carbonyl (C=O) groups is 1. The first kappa shape index (κ1) is 18.1. The summed E-state index contributed by atoms with van der Waals surface area (Å²) in [6.45, 7) is 4.23. The van der Waals surface area contributed by atoms with E-state index in [4.69, 9.17) is 14.0 Å². The quantitative estimate of drug-likeness (QED) is 0.652. The van der Waals surface area contributed by atoms with Crippen LogP contribution in [-0.2, 0) is 0 Å². The van der Waals surface area contributed by atoms with E-state index in [1.165, 1.54) is 11.5 Å². The molecule has 3 aromatic rings. The second kappa shape index (κ2) is 7.47.